The monoisotopic (exact) mass is 706 g/mol. The molecule has 0 fully saturated rings. The first-order valence-corrected chi connectivity index (χ1v) is 23.0. The third-order valence-corrected chi connectivity index (χ3v) is 25.7. The molecule has 0 heterocycles. The van der Waals surface area contributed by atoms with Crippen LogP contribution in [0.15, 0.2) is 243 Å². The number of hydrogen-bond acceptors (Lipinski definition) is 0. The van der Waals surface area contributed by atoms with Crippen LogP contribution in [-0.4, -0.2) is 12.3 Å². The van der Waals surface area contributed by atoms with Crippen LogP contribution in [0.4, 0.5) is 0 Å². The summed E-state index contributed by atoms with van der Waals surface area (Å²) >= 11 is 0. The quantitative estimate of drug-likeness (QED) is 0.118. The van der Waals surface area contributed by atoms with E-state index in [1.165, 1.54) is 42.4 Å². The first kappa shape index (κ1) is 33.7. The topological polar surface area (TPSA) is 0 Å². The van der Waals surface area contributed by atoms with Gasteiger partial charge < -0.3 is 0 Å². The van der Waals surface area contributed by atoms with Gasteiger partial charge in [-0.05, 0) is 0 Å². The van der Waals surface area contributed by atoms with Crippen LogP contribution < -0.4 is 42.4 Å². The summed E-state index contributed by atoms with van der Waals surface area (Å²) in [7, 11) is 0. The second kappa shape index (κ2) is 14.0. The third-order valence-electron chi connectivity index (χ3n) is 11.6. The van der Waals surface area contributed by atoms with E-state index >= 15 is 0 Å². The van der Waals surface area contributed by atoms with Gasteiger partial charge in [-0.25, -0.2) is 0 Å². The van der Waals surface area contributed by atoms with Gasteiger partial charge in [0, 0.05) is 0 Å². The van der Waals surface area contributed by atoms with Gasteiger partial charge in [0.15, 0.2) is 0 Å². The van der Waals surface area contributed by atoms with Crippen molar-refractivity contribution in [3.63, 3.8) is 0 Å². The molecule has 0 aromatic heterocycles. The molecule has 0 aliphatic carbocycles. The summed E-state index contributed by atoms with van der Waals surface area (Å²) in [5, 5.41) is 11.1. The van der Waals surface area contributed by atoms with E-state index in [1.807, 2.05) is 0 Å². The Balaban J connectivity index is 1.61. The minimum absolute atomic E-state index is 0.916. The maximum atomic E-state index is 2.41. The zero-order valence-corrected chi connectivity index (χ0v) is 31.2. The van der Waals surface area contributed by atoms with E-state index in [1.54, 1.807) is 0 Å². The minimum atomic E-state index is -3.56. The van der Waals surface area contributed by atoms with Gasteiger partial charge in [0.2, 0.25) is 0 Å². The molecular weight excluding hydrogens is 662 g/mol. The molecule has 8 aromatic carbocycles. The van der Waals surface area contributed by atoms with Crippen LogP contribution in [0.3, 0.4) is 0 Å². The molecule has 0 saturated heterocycles. The van der Waals surface area contributed by atoms with E-state index < -0.39 is 13.2 Å². The molecule has 0 amide bonds. The van der Waals surface area contributed by atoms with Gasteiger partial charge in [-0.3, -0.25) is 0 Å². The average Bonchev–Trinajstić information content (AvgIpc) is 3.26. The molecule has 0 unspecified atom stereocenters. The fourth-order valence-electron chi connectivity index (χ4n) is 9.28. The molecule has 0 nitrogen and oxygen atoms in total. The van der Waals surface area contributed by atoms with Crippen molar-refractivity contribution in [1.29, 1.82) is 0 Å². The summed E-state index contributed by atoms with van der Waals surface area (Å²) in [5.74, 6) is 0. The summed E-state index contributed by atoms with van der Waals surface area (Å²) in [4.78, 5) is 0. The number of rotatable bonds is 11. The molecule has 0 saturated carbocycles. The summed E-state index contributed by atoms with van der Waals surface area (Å²) in [6.07, 6.45) is 1.83. The molecule has 0 radical (unpaired) electrons. The van der Waals surface area contributed by atoms with Crippen LogP contribution >= 0.6 is 13.2 Å². The zero-order valence-electron chi connectivity index (χ0n) is 29.4. The summed E-state index contributed by atoms with van der Waals surface area (Å²) in [6.45, 7) is -7.11. The summed E-state index contributed by atoms with van der Waals surface area (Å²) < 4.78 is 0. The number of benzene rings is 8. The first-order chi connectivity index (χ1) is 25.7. The van der Waals surface area contributed by atoms with Crippen molar-refractivity contribution in [3.8, 4) is 0 Å². The Morgan fingerprint density at radius 2 is 0.288 bits per heavy atom. The van der Waals surface area contributed by atoms with Crippen molar-refractivity contribution in [2.75, 3.05) is 12.3 Å². The van der Waals surface area contributed by atoms with E-state index in [4.69, 9.17) is 0 Å². The second-order valence-corrected chi connectivity index (χ2v) is 24.0. The molecule has 8 aromatic rings. The molecule has 0 atom stereocenters. The Labute approximate surface area is 309 Å². The van der Waals surface area contributed by atoms with Gasteiger partial charge in [-0.15, -0.1) is 0 Å². The van der Waals surface area contributed by atoms with Gasteiger partial charge in [0.25, 0.3) is 0 Å². The number of hydrogen-bond donors (Lipinski definition) is 0. The van der Waals surface area contributed by atoms with Crippen molar-refractivity contribution < 1.29 is 0 Å². The molecule has 0 N–H and O–H groups in total. The molecule has 0 spiro atoms. The predicted octanol–water partition coefficient (Wildman–Crippen LogP) is 8.70. The van der Waals surface area contributed by atoms with Gasteiger partial charge in [0.05, 0.1) is 0 Å². The van der Waals surface area contributed by atoms with E-state index in [0.717, 1.165) is 12.3 Å². The van der Waals surface area contributed by atoms with Crippen LogP contribution in [-0.2, 0) is 0 Å². The van der Waals surface area contributed by atoms with Gasteiger partial charge in [-0.1, -0.05) is 0 Å². The molecular formula is C50H44P2. The third kappa shape index (κ3) is 4.90. The van der Waals surface area contributed by atoms with E-state index in [-0.39, 0.29) is 0 Å². The normalized spacial score (nSPS) is 13.2. The molecule has 0 aliphatic heterocycles. The standard InChI is InChI=1S/C50H44P2/c1-9-25-43(26-10-1)51(44-27-11-2-12-28-44,45-29-13-3-14-30-45,46-31-15-4-16-32-46)41-42-52(47-33-17-5-18-34-47,48-35-19-6-20-36-48,49-37-21-7-22-38-49)50-39-23-8-24-40-50/h1-40H,41-42H2. The van der Waals surface area contributed by atoms with Crippen LogP contribution in [0, 0.1) is 0 Å². The molecule has 0 aliphatic rings. The SMILES string of the molecule is c1ccc(P(CCP(c2ccccc2)(c2ccccc2)(c2ccccc2)c2ccccc2)(c2ccccc2)(c2ccccc2)c2ccccc2)cc1. The van der Waals surface area contributed by atoms with E-state index in [0.29, 0.717) is 0 Å². The fourth-order valence-corrected chi connectivity index (χ4v) is 24.8. The Morgan fingerprint density at radius 3 is 0.404 bits per heavy atom. The van der Waals surface area contributed by atoms with E-state index in [9.17, 15) is 0 Å². The van der Waals surface area contributed by atoms with E-state index in [2.05, 4.69) is 243 Å². The average molecular weight is 707 g/mol. The Morgan fingerprint density at radius 1 is 0.173 bits per heavy atom. The Kier molecular flexibility index (Phi) is 9.07. The van der Waals surface area contributed by atoms with Crippen molar-refractivity contribution in [2.45, 2.75) is 0 Å². The van der Waals surface area contributed by atoms with Crippen LogP contribution in [0.1, 0.15) is 0 Å². The molecule has 2 heteroatoms. The van der Waals surface area contributed by atoms with Crippen molar-refractivity contribution >= 4 is 55.6 Å². The molecule has 8 rings (SSSR count). The fraction of sp³-hybridized carbons (Fsp3) is 0.0400. The van der Waals surface area contributed by atoms with Crippen LogP contribution in [0.2, 0.25) is 0 Å². The van der Waals surface area contributed by atoms with Gasteiger partial charge in [0.1, 0.15) is 0 Å². The first-order valence-electron chi connectivity index (χ1n) is 18.2. The second-order valence-electron chi connectivity index (χ2n) is 13.7. The molecule has 0 bridgehead atoms. The molecule has 254 valence electrons. The van der Waals surface area contributed by atoms with Crippen molar-refractivity contribution in [2.24, 2.45) is 0 Å². The molecule has 52 heavy (non-hydrogen) atoms. The maximum absolute atomic E-state index is 3.56. The summed E-state index contributed by atoms with van der Waals surface area (Å²) in [6, 6.07) is 91.8. The van der Waals surface area contributed by atoms with Crippen molar-refractivity contribution in [1.82, 2.24) is 0 Å². The van der Waals surface area contributed by atoms with Crippen molar-refractivity contribution in [3.05, 3.63) is 243 Å². The van der Waals surface area contributed by atoms with Crippen LogP contribution in [0.25, 0.3) is 0 Å². The predicted molar refractivity (Wildman–Crippen MR) is 232 cm³/mol. The van der Waals surface area contributed by atoms with Gasteiger partial charge >= 0.3 is 311 Å². The summed E-state index contributed by atoms with van der Waals surface area (Å²) in [5.41, 5.74) is 0. The van der Waals surface area contributed by atoms with Gasteiger partial charge in [-0.2, -0.15) is 0 Å². The Bertz CT molecular complexity index is 1820. The Hall–Kier alpha value is -5.38. The zero-order chi connectivity index (χ0) is 35.2. The van der Waals surface area contributed by atoms with Crippen LogP contribution in [0.5, 0.6) is 0 Å².